The molecule has 23 heavy (non-hydrogen) atoms. The van der Waals surface area contributed by atoms with E-state index < -0.39 is 10.0 Å². The molecule has 1 saturated heterocycles. The van der Waals surface area contributed by atoms with E-state index in [9.17, 15) is 13.2 Å². The van der Waals surface area contributed by atoms with Crippen molar-refractivity contribution in [3.63, 3.8) is 0 Å². The summed E-state index contributed by atoms with van der Waals surface area (Å²) in [5.74, 6) is 0.112. The van der Waals surface area contributed by atoms with Gasteiger partial charge in [0.15, 0.2) is 0 Å². The molecule has 1 aromatic rings. The summed E-state index contributed by atoms with van der Waals surface area (Å²) in [5, 5.41) is 0. The van der Waals surface area contributed by atoms with Gasteiger partial charge >= 0.3 is 0 Å². The van der Waals surface area contributed by atoms with Crippen molar-refractivity contribution in [3.8, 4) is 0 Å². The molecule has 128 valence electrons. The van der Waals surface area contributed by atoms with Gasteiger partial charge in [-0.15, -0.1) is 11.3 Å². The molecule has 1 aliphatic heterocycles. The number of fused-ring (bicyclic) bond motifs is 1. The normalized spacial score (nSPS) is 20.1. The predicted molar refractivity (Wildman–Crippen MR) is 92.5 cm³/mol. The van der Waals surface area contributed by atoms with Crippen LogP contribution in [0.4, 0.5) is 0 Å². The zero-order chi connectivity index (χ0) is 16.4. The number of nitrogens with zero attached hydrogens (tertiary/aromatic N) is 1. The van der Waals surface area contributed by atoms with Gasteiger partial charge in [-0.05, 0) is 50.2 Å². The molecule has 1 amide bonds. The van der Waals surface area contributed by atoms with Crippen LogP contribution in [-0.4, -0.2) is 44.6 Å². The van der Waals surface area contributed by atoms with E-state index in [0.717, 1.165) is 17.7 Å². The van der Waals surface area contributed by atoms with Gasteiger partial charge < -0.3 is 4.90 Å². The lowest BCUT2D eigenvalue weighted by Crippen LogP contribution is -2.46. The van der Waals surface area contributed by atoms with Crippen molar-refractivity contribution in [1.29, 1.82) is 0 Å². The summed E-state index contributed by atoms with van der Waals surface area (Å²) in [4.78, 5) is 16.8. The molecular weight excluding hydrogens is 332 g/mol. The van der Waals surface area contributed by atoms with E-state index in [1.807, 2.05) is 4.90 Å². The van der Waals surface area contributed by atoms with Crippen molar-refractivity contribution in [2.24, 2.45) is 0 Å². The fourth-order valence-electron chi connectivity index (χ4n) is 3.43. The highest BCUT2D eigenvalue weighted by Gasteiger charge is 2.27. The van der Waals surface area contributed by atoms with E-state index in [1.165, 1.54) is 36.0 Å². The largest absolute Gasteiger partial charge is 0.338 e. The van der Waals surface area contributed by atoms with Gasteiger partial charge in [0.1, 0.15) is 0 Å². The Labute approximate surface area is 142 Å². The van der Waals surface area contributed by atoms with Crippen molar-refractivity contribution >= 4 is 27.3 Å². The van der Waals surface area contributed by atoms with Crippen LogP contribution in [0.25, 0.3) is 0 Å². The lowest BCUT2D eigenvalue weighted by molar-refractivity contribution is 0.0716. The summed E-state index contributed by atoms with van der Waals surface area (Å²) >= 11 is 1.66. The van der Waals surface area contributed by atoms with Crippen molar-refractivity contribution in [1.82, 2.24) is 9.62 Å². The van der Waals surface area contributed by atoms with Crippen LogP contribution in [-0.2, 0) is 22.9 Å². The summed E-state index contributed by atoms with van der Waals surface area (Å²) in [7, 11) is -3.17. The zero-order valence-corrected chi connectivity index (χ0v) is 15.1. The molecule has 5 nitrogen and oxygen atoms in total. The second-order valence-electron chi connectivity index (χ2n) is 6.58. The first-order valence-corrected chi connectivity index (χ1v) is 11.0. The first-order valence-electron chi connectivity index (χ1n) is 8.30. The van der Waals surface area contributed by atoms with E-state index >= 15 is 0 Å². The average molecular weight is 357 g/mol. The van der Waals surface area contributed by atoms with Crippen molar-refractivity contribution in [2.45, 2.75) is 51.0 Å². The first kappa shape index (κ1) is 16.9. The number of carbonyl (C=O) groups is 1. The van der Waals surface area contributed by atoms with E-state index in [1.54, 1.807) is 11.3 Å². The SMILES string of the molecule is CS(=O)(=O)NC1CCN(C(=O)c2cc3c(s2)CCCCC3)CC1. The molecule has 0 bridgehead atoms. The summed E-state index contributed by atoms with van der Waals surface area (Å²) in [6.45, 7) is 1.24. The van der Waals surface area contributed by atoms with E-state index in [0.29, 0.717) is 25.9 Å². The highest BCUT2D eigenvalue weighted by atomic mass is 32.2. The van der Waals surface area contributed by atoms with E-state index in [2.05, 4.69) is 10.8 Å². The van der Waals surface area contributed by atoms with Crippen LogP contribution in [0, 0.1) is 0 Å². The van der Waals surface area contributed by atoms with Crippen LogP contribution in [0.1, 0.15) is 52.2 Å². The number of nitrogens with one attached hydrogen (secondary N) is 1. The number of aryl methyl sites for hydroxylation is 2. The number of hydrogen-bond acceptors (Lipinski definition) is 4. The maximum Gasteiger partial charge on any atom is 0.263 e. The molecule has 0 atom stereocenters. The van der Waals surface area contributed by atoms with Gasteiger partial charge in [0, 0.05) is 24.0 Å². The van der Waals surface area contributed by atoms with Crippen molar-refractivity contribution in [3.05, 3.63) is 21.4 Å². The quantitative estimate of drug-likeness (QED) is 0.844. The van der Waals surface area contributed by atoms with Crippen LogP contribution in [0.3, 0.4) is 0 Å². The Hall–Kier alpha value is -0.920. The van der Waals surface area contributed by atoms with Gasteiger partial charge in [-0.1, -0.05) is 6.42 Å². The van der Waals surface area contributed by atoms with Crippen LogP contribution < -0.4 is 4.72 Å². The fraction of sp³-hybridized carbons (Fsp3) is 0.688. The first-order chi connectivity index (χ1) is 10.9. The maximum absolute atomic E-state index is 12.7. The number of carbonyl (C=O) groups excluding carboxylic acids is 1. The minimum absolute atomic E-state index is 0.0471. The molecule has 2 heterocycles. The Morgan fingerprint density at radius 2 is 1.91 bits per heavy atom. The molecule has 3 rings (SSSR count). The number of hydrogen-bond donors (Lipinski definition) is 1. The Balaban J connectivity index is 1.61. The number of rotatable bonds is 3. The predicted octanol–water partition coefficient (Wildman–Crippen LogP) is 2.17. The molecule has 7 heteroatoms. The monoisotopic (exact) mass is 356 g/mol. The molecule has 1 aliphatic carbocycles. The van der Waals surface area contributed by atoms with Gasteiger partial charge in [0.2, 0.25) is 10.0 Å². The van der Waals surface area contributed by atoms with E-state index in [-0.39, 0.29) is 11.9 Å². The molecule has 0 saturated carbocycles. The summed E-state index contributed by atoms with van der Waals surface area (Å²) in [5.41, 5.74) is 1.37. The highest BCUT2D eigenvalue weighted by molar-refractivity contribution is 7.88. The lowest BCUT2D eigenvalue weighted by Gasteiger charge is -2.31. The number of sulfonamides is 1. The van der Waals surface area contributed by atoms with E-state index in [4.69, 9.17) is 0 Å². The molecule has 2 aliphatic rings. The Morgan fingerprint density at radius 1 is 1.22 bits per heavy atom. The van der Waals surface area contributed by atoms with Crippen LogP contribution in [0.15, 0.2) is 6.07 Å². The second kappa shape index (κ2) is 6.91. The third-order valence-corrected chi connectivity index (χ3v) is 6.61. The van der Waals surface area contributed by atoms with Crippen LogP contribution in [0.2, 0.25) is 0 Å². The van der Waals surface area contributed by atoms with Crippen molar-refractivity contribution < 1.29 is 13.2 Å². The molecule has 1 fully saturated rings. The van der Waals surface area contributed by atoms with Gasteiger partial charge in [0.25, 0.3) is 5.91 Å². The highest BCUT2D eigenvalue weighted by Crippen LogP contribution is 2.30. The lowest BCUT2D eigenvalue weighted by atomic mass is 10.1. The topological polar surface area (TPSA) is 66.5 Å². The standard InChI is InChI=1S/C16H24N2O3S2/c1-23(20,21)17-13-7-9-18(10-8-13)16(19)15-11-12-5-3-2-4-6-14(12)22-15/h11,13,17H,2-10H2,1H3. The molecular formula is C16H24N2O3S2. The van der Waals surface area contributed by atoms with Crippen LogP contribution in [0.5, 0.6) is 0 Å². The van der Waals surface area contributed by atoms with Crippen molar-refractivity contribution in [2.75, 3.05) is 19.3 Å². The molecule has 1 aromatic heterocycles. The summed E-state index contributed by atoms with van der Waals surface area (Å²) < 4.78 is 25.2. The summed E-state index contributed by atoms with van der Waals surface area (Å²) in [6, 6.07) is 2.04. The summed E-state index contributed by atoms with van der Waals surface area (Å²) in [6.07, 6.45) is 8.49. The Kier molecular flexibility index (Phi) is 5.08. The molecule has 1 N–H and O–H groups in total. The third kappa shape index (κ3) is 4.33. The molecule has 0 aromatic carbocycles. The minimum atomic E-state index is -3.17. The Morgan fingerprint density at radius 3 is 2.61 bits per heavy atom. The van der Waals surface area contributed by atoms with Gasteiger partial charge in [0.05, 0.1) is 11.1 Å². The molecule has 0 radical (unpaired) electrons. The third-order valence-electron chi connectivity index (χ3n) is 4.62. The number of piperidine rings is 1. The number of likely N-dealkylation sites (tertiary alicyclic amines) is 1. The van der Waals surface area contributed by atoms with Crippen LogP contribution >= 0.6 is 11.3 Å². The second-order valence-corrected chi connectivity index (χ2v) is 9.49. The average Bonchev–Trinajstić information content (AvgIpc) is 2.77. The molecule has 0 spiro atoms. The van der Waals surface area contributed by atoms with Gasteiger partial charge in [-0.3, -0.25) is 4.79 Å². The van der Waals surface area contributed by atoms with Gasteiger partial charge in [-0.2, -0.15) is 0 Å². The molecule has 0 unspecified atom stereocenters. The van der Waals surface area contributed by atoms with Gasteiger partial charge in [-0.25, -0.2) is 13.1 Å². The Bertz CT molecular complexity index is 650. The zero-order valence-electron chi connectivity index (χ0n) is 13.5. The maximum atomic E-state index is 12.7. The fourth-order valence-corrected chi connectivity index (χ4v) is 5.49. The number of amides is 1. The minimum Gasteiger partial charge on any atom is -0.338 e. The smallest absolute Gasteiger partial charge is 0.263 e. The number of thiophene rings is 1.